The molecule has 2 rings (SSSR count). The van der Waals surface area contributed by atoms with Gasteiger partial charge >= 0.3 is 0 Å². The van der Waals surface area contributed by atoms with Crippen molar-refractivity contribution < 1.29 is 4.74 Å². The van der Waals surface area contributed by atoms with Crippen LogP contribution in [0.15, 0.2) is 24.3 Å². The monoisotopic (exact) mass is 285 g/mol. The standard InChI is InChI=1S/C17H23N3O/c1-5-7-15-19-16(18-6-2)11-17(20-15)21-14-10-12(3)8-9-13(14)4/h8-11H,5-7H2,1-4H3,(H,18,19,20). The second kappa shape index (κ2) is 7.07. The lowest BCUT2D eigenvalue weighted by Crippen LogP contribution is -2.05. The highest BCUT2D eigenvalue weighted by molar-refractivity contribution is 5.42. The fourth-order valence-electron chi connectivity index (χ4n) is 2.06. The summed E-state index contributed by atoms with van der Waals surface area (Å²) in [6.45, 7) is 9.08. The largest absolute Gasteiger partial charge is 0.439 e. The van der Waals surface area contributed by atoms with Crippen LogP contribution in [-0.2, 0) is 6.42 Å². The lowest BCUT2D eigenvalue weighted by atomic mass is 10.1. The predicted molar refractivity (Wildman–Crippen MR) is 86.2 cm³/mol. The maximum absolute atomic E-state index is 5.97. The summed E-state index contributed by atoms with van der Waals surface area (Å²) in [6.07, 6.45) is 1.86. The van der Waals surface area contributed by atoms with Crippen LogP contribution in [0, 0.1) is 13.8 Å². The SMILES string of the molecule is CCCc1nc(NCC)cc(Oc2cc(C)ccc2C)n1. The first-order chi connectivity index (χ1) is 10.1. The maximum Gasteiger partial charge on any atom is 0.224 e. The van der Waals surface area contributed by atoms with Gasteiger partial charge in [0, 0.05) is 19.0 Å². The van der Waals surface area contributed by atoms with E-state index in [1.165, 1.54) is 5.56 Å². The van der Waals surface area contributed by atoms with Crippen LogP contribution >= 0.6 is 0 Å². The molecule has 0 aliphatic heterocycles. The molecule has 0 saturated heterocycles. The molecule has 4 heteroatoms. The molecule has 0 saturated carbocycles. The van der Waals surface area contributed by atoms with Crippen molar-refractivity contribution in [3.63, 3.8) is 0 Å². The second-order valence-electron chi connectivity index (χ2n) is 5.16. The van der Waals surface area contributed by atoms with E-state index in [0.717, 1.165) is 42.3 Å². The molecule has 0 unspecified atom stereocenters. The normalized spacial score (nSPS) is 10.5. The van der Waals surface area contributed by atoms with E-state index in [0.29, 0.717) is 5.88 Å². The van der Waals surface area contributed by atoms with Crippen LogP contribution in [-0.4, -0.2) is 16.5 Å². The van der Waals surface area contributed by atoms with Gasteiger partial charge in [0.15, 0.2) is 0 Å². The Kier molecular flexibility index (Phi) is 5.14. The van der Waals surface area contributed by atoms with Crippen LogP contribution in [0.4, 0.5) is 5.82 Å². The van der Waals surface area contributed by atoms with Gasteiger partial charge in [-0.1, -0.05) is 19.1 Å². The second-order valence-corrected chi connectivity index (χ2v) is 5.16. The van der Waals surface area contributed by atoms with Crippen molar-refractivity contribution in [1.29, 1.82) is 0 Å². The molecular formula is C17H23N3O. The number of aromatic nitrogens is 2. The molecule has 0 radical (unpaired) electrons. The van der Waals surface area contributed by atoms with Crippen LogP contribution in [0.5, 0.6) is 11.6 Å². The van der Waals surface area contributed by atoms with E-state index in [4.69, 9.17) is 4.74 Å². The van der Waals surface area contributed by atoms with E-state index in [1.54, 1.807) is 0 Å². The highest BCUT2D eigenvalue weighted by Gasteiger charge is 2.08. The van der Waals surface area contributed by atoms with Gasteiger partial charge in [-0.15, -0.1) is 0 Å². The summed E-state index contributed by atoms with van der Waals surface area (Å²) in [5.41, 5.74) is 2.27. The number of nitrogens with one attached hydrogen (secondary N) is 1. The molecule has 0 aliphatic carbocycles. The smallest absolute Gasteiger partial charge is 0.224 e. The van der Waals surface area contributed by atoms with Crippen LogP contribution in [0.1, 0.15) is 37.2 Å². The highest BCUT2D eigenvalue weighted by Crippen LogP contribution is 2.26. The Morgan fingerprint density at radius 2 is 1.90 bits per heavy atom. The van der Waals surface area contributed by atoms with Gasteiger partial charge in [0.1, 0.15) is 17.4 Å². The summed E-state index contributed by atoms with van der Waals surface area (Å²) in [5, 5.41) is 3.23. The number of aryl methyl sites for hydroxylation is 3. The molecule has 1 heterocycles. The van der Waals surface area contributed by atoms with Crippen molar-refractivity contribution in [3.05, 3.63) is 41.2 Å². The highest BCUT2D eigenvalue weighted by atomic mass is 16.5. The summed E-state index contributed by atoms with van der Waals surface area (Å²) in [4.78, 5) is 8.99. The molecule has 4 nitrogen and oxygen atoms in total. The van der Waals surface area contributed by atoms with E-state index in [-0.39, 0.29) is 0 Å². The average molecular weight is 285 g/mol. The van der Waals surface area contributed by atoms with Gasteiger partial charge in [-0.2, -0.15) is 4.98 Å². The molecule has 1 aromatic heterocycles. The van der Waals surface area contributed by atoms with Crippen LogP contribution in [0.2, 0.25) is 0 Å². The summed E-state index contributed by atoms with van der Waals surface area (Å²) in [6, 6.07) is 8.02. The van der Waals surface area contributed by atoms with E-state index in [9.17, 15) is 0 Å². The molecule has 112 valence electrons. The molecule has 0 bridgehead atoms. The molecule has 0 amide bonds. The van der Waals surface area contributed by atoms with E-state index in [2.05, 4.69) is 41.3 Å². The number of rotatable bonds is 6. The Morgan fingerprint density at radius 3 is 2.62 bits per heavy atom. The van der Waals surface area contributed by atoms with Crippen LogP contribution < -0.4 is 10.1 Å². The molecule has 21 heavy (non-hydrogen) atoms. The van der Waals surface area contributed by atoms with Crippen molar-refractivity contribution in [2.24, 2.45) is 0 Å². The fourth-order valence-corrected chi connectivity index (χ4v) is 2.06. The molecule has 0 spiro atoms. The summed E-state index contributed by atoms with van der Waals surface area (Å²) >= 11 is 0. The van der Waals surface area contributed by atoms with Gasteiger partial charge in [-0.05, 0) is 44.4 Å². The van der Waals surface area contributed by atoms with Gasteiger partial charge < -0.3 is 10.1 Å². The number of anilines is 1. The van der Waals surface area contributed by atoms with Crippen molar-refractivity contribution in [2.75, 3.05) is 11.9 Å². The maximum atomic E-state index is 5.97. The lowest BCUT2D eigenvalue weighted by molar-refractivity contribution is 0.455. The molecular weight excluding hydrogens is 262 g/mol. The Hall–Kier alpha value is -2.10. The zero-order valence-electron chi connectivity index (χ0n) is 13.2. The third kappa shape index (κ3) is 4.18. The average Bonchev–Trinajstić information content (AvgIpc) is 2.43. The summed E-state index contributed by atoms with van der Waals surface area (Å²) < 4.78 is 5.97. The summed E-state index contributed by atoms with van der Waals surface area (Å²) in [5.74, 6) is 3.07. The van der Waals surface area contributed by atoms with Gasteiger partial charge in [0.2, 0.25) is 5.88 Å². The first kappa shape index (κ1) is 15.3. The topological polar surface area (TPSA) is 47.0 Å². The van der Waals surface area contributed by atoms with Crippen molar-refractivity contribution >= 4 is 5.82 Å². The zero-order valence-corrected chi connectivity index (χ0v) is 13.2. The quantitative estimate of drug-likeness (QED) is 0.861. The predicted octanol–water partition coefficient (Wildman–Crippen LogP) is 4.27. The minimum absolute atomic E-state index is 0.595. The number of nitrogens with zero attached hydrogens (tertiary/aromatic N) is 2. The van der Waals surface area contributed by atoms with Gasteiger partial charge in [-0.3, -0.25) is 0 Å². The Morgan fingerprint density at radius 1 is 1.10 bits per heavy atom. The lowest BCUT2D eigenvalue weighted by Gasteiger charge is -2.11. The fraction of sp³-hybridized carbons (Fsp3) is 0.412. The Bertz CT molecular complexity index is 587. The molecule has 0 fully saturated rings. The number of benzene rings is 1. The molecule has 1 N–H and O–H groups in total. The van der Waals surface area contributed by atoms with Crippen molar-refractivity contribution in [3.8, 4) is 11.6 Å². The molecule has 0 atom stereocenters. The summed E-state index contributed by atoms with van der Waals surface area (Å²) in [7, 11) is 0. The zero-order chi connectivity index (χ0) is 15.2. The van der Waals surface area contributed by atoms with Gasteiger partial charge in [0.05, 0.1) is 0 Å². The van der Waals surface area contributed by atoms with E-state index >= 15 is 0 Å². The van der Waals surface area contributed by atoms with E-state index < -0.39 is 0 Å². The van der Waals surface area contributed by atoms with Crippen LogP contribution in [0.3, 0.4) is 0 Å². The number of hydrogen-bond donors (Lipinski definition) is 1. The minimum Gasteiger partial charge on any atom is -0.439 e. The third-order valence-electron chi connectivity index (χ3n) is 3.14. The van der Waals surface area contributed by atoms with Gasteiger partial charge in [-0.25, -0.2) is 4.98 Å². The Labute approximate surface area is 126 Å². The molecule has 2 aromatic rings. The van der Waals surface area contributed by atoms with Crippen molar-refractivity contribution in [1.82, 2.24) is 9.97 Å². The molecule has 0 aliphatic rings. The molecule has 1 aromatic carbocycles. The number of hydrogen-bond acceptors (Lipinski definition) is 4. The van der Waals surface area contributed by atoms with Crippen LogP contribution in [0.25, 0.3) is 0 Å². The Balaban J connectivity index is 2.31. The van der Waals surface area contributed by atoms with Gasteiger partial charge in [0.25, 0.3) is 0 Å². The van der Waals surface area contributed by atoms with E-state index in [1.807, 2.05) is 26.0 Å². The third-order valence-corrected chi connectivity index (χ3v) is 3.14. The van der Waals surface area contributed by atoms with Crippen molar-refractivity contribution in [2.45, 2.75) is 40.5 Å². The minimum atomic E-state index is 0.595. The first-order valence-corrected chi connectivity index (χ1v) is 7.49. The number of ether oxygens (including phenoxy) is 1. The first-order valence-electron chi connectivity index (χ1n) is 7.49.